The van der Waals surface area contributed by atoms with Crippen molar-refractivity contribution in [1.29, 1.82) is 0 Å². The second-order valence-electron chi connectivity index (χ2n) is 13.1. The predicted molar refractivity (Wildman–Crippen MR) is 201 cm³/mol. The van der Waals surface area contributed by atoms with E-state index in [0.29, 0.717) is 49.2 Å². The highest BCUT2D eigenvalue weighted by atomic mass is 35.5. The van der Waals surface area contributed by atoms with Crippen molar-refractivity contribution < 1.29 is 27.6 Å². The van der Waals surface area contributed by atoms with Gasteiger partial charge in [0.2, 0.25) is 17.7 Å². The molecule has 284 valence electrons. The Morgan fingerprint density at radius 3 is 2.36 bits per heavy atom. The van der Waals surface area contributed by atoms with Crippen LogP contribution in [0.25, 0.3) is 10.9 Å². The van der Waals surface area contributed by atoms with Gasteiger partial charge in [-0.15, -0.1) is 0 Å². The van der Waals surface area contributed by atoms with Gasteiger partial charge in [-0.2, -0.15) is 13.2 Å². The molecule has 1 aliphatic heterocycles. The first-order valence-corrected chi connectivity index (χ1v) is 18.8. The number of para-hydroxylation sites is 1. The maximum atomic E-state index is 14.6. The lowest BCUT2D eigenvalue weighted by atomic mass is 10.0. The minimum absolute atomic E-state index is 0.0839. The Hall–Kier alpha value is -4.08. The van der Waals surface area contributed by atoms with E-state index in [9.17, 15) is 27.6 Å². The van der Waals surface area contributed by atoms with Crippen molar-refractivity contribution in [2.45, 2.75) is 85.7 Å². The van der Waals surface area contributed by atoms with E-state index in [0.717, 1.165) is 34.3 Å². The molecule has 3 aromatic carbocycles. The first-order chi connectivity index (χ1) is 25.4. The molecule has 0 saturated heterocycles. The molecule has 1 aromatic heterocycles. The number of nitrogens with zero attached hydrogens (tertiary/aromatic N) is 1. The highest BCUT2D eigenvalue weighted by Crippen LogP contribution is 2.44. The van der Waals surface area contributed by atoms with Gasteiger partial charge in [-0.1, -0.05) is 59.8 Å². The number of hydrogen-bond donors (Lipinski definition) is 6. The monoisotopic (exact) mass is 771 g/mol. The van der Waals surface area contributed by atoms with Crippen LogP contribution in [0.4, 0.5) is 13.2 Å². The molecule has 0 radical (unpaired) electrons. The van der Waals surface area contributed by atoms with Crippen LogP contribution in [0.15, 0.2) is 76.7 Å². The molecule has 0 fully saturated rings. The van der Waals surface area contributed by atoms with Gasteiger partial charge >= 0.3 is 6.18 Å². The van der Waals surface area contributed by atoms with Gasteiger partial charge in [0, 0.05) is 58.5 Å². The van der Waals surface area contributed by atoms with Gasteiger partial charge in [0.15, 0.2) is 0 Å². The third kappa shape index (κ3) is 10.1. The third-order valence-corrected chi connectivity index (χ3v) is 10.9. The maximum Gasteiger partial charge on any atom is 0.417 e. The number of aromatic amines is 1. The molecule has 10 nitrogen and oxygen atoms in total. The fourth-order valence-electron chi connectivity index (χ4n) is 6.49. The number of likely N-dealkylation sites (N-methyl/N-ethyl adjacent to an activating group) is 1. The number of carbonyl (C=O) groups excluding carboxylic acids is 3. The van der Waals surface area contributed by atoms with E-state index in [1.54, 1.807) is 30.5 Å². The van der Waals surface area contributed by atoms with E-state index < -0.39 is 47.6 Å². The number of halogens is 4. The number of alkyl halides is 3. The summed E-state index contributed by atoms with van der Waals surface area (Å²) in [5.74, 6) is -1.50. The van der Waals surface area contributed by atoms with Crippen LogP contribution in [0.5, 0.6) is 0 Å². The largest absolute Gasteiger partial charge is 0.417 e. The van der Waals surface area contributed by atoms with Crippen LogP contribution in [0, 0.1) is 0 Å². The van der Waals surface area contributed by atoms with E-state index in [1.807, 2.05) is 24.3 Å². The number of carbonyl (C=O) groups is 3. The van der Waals surface area contributed by atoms with Crippen molar-refractivity contribution in [2.75, 3.05) is 20.1 Å². The minimum Gasteiger partial charge on any atom is -0.361 e. The number of H-pyrrole nitrogens is 1. The first kappa shape index (κ1) is 40.1. The number of unbranched alkanes of at least 4 members (excludes halogenated alkanes) is 1. The van der Waals surface area contributed by atoms with E-state index in [4.69, 9.17) is 23.1 Å². The van der Waals surface area contributed by atoms with Gasteiger partial charge in [0.05, 0.1) is 11.6 Å². The highest BCUT2D eigenvalue weighted by molar-refractivity contribution is 7.99. The second-order valence-corrected chi connectivity index (χ2v) is 14.6. The smallest absolute Gasteiger partial charge is 0.361 e. The summed E-state index contributed by atoms with van der Waals surface area (Å²) in [5, 5.41) is 9.75. The highest BCUT2D eigenvalue weighted by Gasteiger charge is 2.37. The summed E-state index contributed by atoms with van der Waals surface area (Å²) in [5.41, 5.74) is 13.1. The van der Waals surface area contributed by atoms with Crippen LogP contribution < -0.4 is 27.4 Å². The average molecular weight is 772 g/mol. The fourth-order valence-corrected chi connectivity index (χ4v) is 7.91. The van der Waals surface area contributed by atoms with E-state index >= 15 is 0 Å². The summed E-state index contributed by atoms with van der Waals surface area (Å²) in [6.07, 6.45) is -0.605. The molecular formula is C38H45ClF3N7O3S. The molecule has 3 amide bonds. The Balaban J connectivity index is 1.62. The first-order valence-electron chi connectivity index (χ1n) is 17.6. The molecule has 0 saturated carbocycles. The molecule has 1 unspecified atom stereocenters. The normalized spacial score (nSPS) is 19.3. The van der Waals surface area contributed by atoms with Crippen LogP contribution in [-0.4, -0.2) is 65.9 Å². The van der Waals surface area contributed by atoms with Gasteiger partial charge in [-0.3, -0.25) is 14.4 Å². The van der Waals surface area contributed by atoms with Crippen molar-refractivity contribution in [3.05, 3.63) is 94.1 Å². The van der Waals surface area contributed by atoms with Gasteiger partial charge in [-0.05, 0) is 86.1 Å². The summed E-state index contributed by atoms with van der Waals surface area (Å²) >= 11 is 7.19. The van der Waals surface area contributed by atoms with Crippen molar-refractivity contribution in [1.82, 2.24) is 25.8 Å². The topological polar surface area (TPSA) is 158 Å². The van der Waals surface area contributed by atoms with Crippen molar-refractivity contribution in [2.24, 2.45) is 11.5 Å². The molecule has 15 heteroatoms. The number of fused-ring (bicyclic) bond motifs is 3. The average Bonchev–Trinajstić information content (AvgIpc) is 3.55. The Morgan fingerprint density at radius 2 is 1.60 bits per heavy atom. The van der Waals surface area contributed by atoms with Gasteiger partial charge in [0.1, 0.15) is 12.1 Å². The number of nitrogens with one attached hydrogen (secondary N) is 4. The molecule has 2 heterocycles. The number of rotatable bonds is 9. The van der Waals surface area contributed by atoms with Crippen LogP contribution in [-0.2, 0) is 40.1 Å². The van der Waals surface area contributed by atoms with Gasteiger partial charge in [0.25, 0.3) is 0 Å². The summed E-state index contributed by atoms with van der Waals surface area (Å²) in [6, 6.07) is 13.9. The summed E-state index contributed by atoms with van der Waals surface area (Å²) in [4.78, 5) is 47.5. The molecule has 0 bridgehead atoms. The van der Waals surface area contributed by atoms with E-state index in [1.165, 1.54) is 18.0 Å². The zero-order chi connectivity index (χ0) is 38.1. The molecule has 0 aliphatic carbocycles. The summed E-state index contributed by atoms with van der Waals surface area (Å²) < 4.78 is 43.8. The molecule has 0 spiro atoms. The molecule has 3 atom stereocenters. The Morgan fingerprint density at radius 1 is 0.887 bits per heavy atom. The lowest BCUT2D eigenvalue weighted by Crippen LogP contribution is -2.57. The van der Waals surface area contributed by atoms with Crippen molar-refractivity contribution in [3.8, 4) is 0 Å². The predicted octanol–water partition coefficient (Wildman–Crippen LogP) is 5.50. The standard InChI is InChI=1S/C38H45ClF3N7O3S/c1-49-32(18-24-21-45-29-11-4-3-10-27(24)29)36(51)47-22-25-17-26(39)19-28(38(40,41)42)34(25)53-33-14-5-2-9-23(33)20-46-30(13-8-16-44)35(50)48-31(37(49)52)12-6-7-15-43/h2-5,9-11,14,17,19,21,30-32,45-46H,6-8,12-13,15-16,18,20,22,43-44H2,1H3,(H,47,51)(H,48,50)/t30-,31?,32-/m0/s1. The van der Waals surface area contributed by atoms with Gasteiger partial charge in [-0.25, -0.2) is 0 Å². The quantitative estimate of drug-likeness (QED) is 0.123. The third-order valence-electron chi connectivity index (χ3n) is 9.39. The molecule has 8 N–H and O–H groups in total. The Labute approximate surface area is 315 Å². The lowest BCUT2D eigenvalue weighted by molar-refractivity contribution is -0.142. The summed E-state index contributed by atoms with van der Waals surface area (Å²) in [7, 11) is 1.50. The number of nitrogens with two attached hydrogens (primary N) is 2. The van der Waals surface area contributed by atoms with Crippen LogP contribution in [0.3, 0.4) is 0 Å². The van der Waals surface area contributed by atoms with E-state index in [-0.39, 0.29) is 41.4 Å². The number of benzene rings is 3. The number of amides is 3. The Bertz CT molecular complexity index is 1910. The number of hydrogen-bond acceptors (Lipinski definition) is 7. The second kappa shape index (κ2) is 18.3. The van der Waals surface area contributed by atoms with E-state index in [2.05, 4.69) is 20.9 Å². The maximum absolute atomic E-state index is 14.6. The minimum atomic E-state index is -4.76. The molecular weight excluding hydrogens is 727 g/mol. The van der Waals surface area contributed by atoms with Crippen LogP contribution >= 0.6 is 23.4 Å². The zero-order valence-corrected chi connectivity index (χ0v) is 31.0. The van der Waals surface area contributed by atoms with Crippen molar-refractivity contribution >= 4 is 52.0 Å². The number of aromatic nitrogens is 1. The SMILES string of the molecule is CN1C(=O)C(CCCCN)NC(=O)[C@H](CCCN)NCc2ccccc2Sc2c(cc(Cl)cc2C(F)(F)F)CNC(=O)[C@@H]1Cc1c[nH]c2ccccc12. The van der Waals surface area contributed by atoms with Crippen molar-refractivity contribution in [3.63, 3.8) is 0 Å². The lowest BCUT2D eigenvalue weighted by Gasteiger charge is -2.32. The molecule has 4 aromatic rings. The van der Waals surface area contributed by atoms with Gasteiger partial charge < -0.3 is 37.3 Å². The Kier molecular flexibility index (Phi) is 13.9. The molecule has 5 rings (SSSR count). The molecule has 1 aliphatic rings. The fraction of sp³-hybridized carbons (Fsp3) is 0.395. The van der Waals surface area contributed by atoms with Crippen LogP contribution in [0.1, 0.15) is 54.4 Å². The summed E-state index contributed by atoms with van der Waals surface area (Å²) in [6.45, 7) is 0.570. The molecule has 53 heavy (non-hydrogen) atoms. The van der Waals surface area contributed by atoms with Crippen LogP contribution in [0.2, 0.25) is 5.02 Å². The zero-order valence-electron chi connectivity index (χ0n) is 29.4.